The molecule has 1 aromatic rings. The Morgan fingerprint density at radius 3 is 2.42 bits per heavy atom. The van der Waals surface area contributed by atoms with Crippen molar-refractivity contribution in [3.05, 3.63) is 35.9 Å². The Labute approximate surface area is 141 Å². The molecule has 0 aliphatic rings. The number of nitrogens with one attached hydrogen (secondary N) is 2. The summed E-state index contributed by atoms with van der Waals surface area (Å²) < 4.78 is 4.76. The molecule has 0 saturated carbocycles. The van der Waals surface area contributed by atoms with Crippen LogP contribution in [0.1, 0.15) is 25.3 Å². The van der Waals surface area contributed by atoms with Crippen LogP contribution in [-0.4, -0.2) is 48.7 Å². The maximum absolute atomic E-state index is 12.2. The van der Waals surface area contributed by atoms with E-state index in [1.165, 1.54) is 7.11 Å². The molecule has 0 aromatic heterocycles. The van der Waals surface area contributed by atoms with Crippen LogP contribution in [0.2, 0.25) is 0 Å². The van der Waals surface area contributed by atoms with Gasteiger partial charge in [-0.1, -0.05) is 43.7 Å². The van der Waals surface area contributed by atoms with Gasteiger partial charge in [0, 0.05) is 7.11 Å². The van der Waals surface area contributed by atoms with Crippen molar-refractivity contribution in [2.45, 2.75) is 38.3 Å². The highest BCUT2D eigenvalue weighted by Crippen LogP contribution is 2.02. The van der Waals surface area contributed by atoms with Gasteiger partial charge in [0.1, 0.15) is 6.04 Å². The lowest BCUT2D eigenvalue weighted by Gasteiger charge is -2.19. The largest absolute Gasteiger partial charge is 0.479 e. The van der Waals surface area contributed by atoms with Gasteiger partial charge in [-0.2, -0.15) is 0 Å². The van der Waals surface area contributed by atoms with Crippen LogP contribution in [0, 0.1) is 0 Å². The average Bonchev–Trinajstić information content (AvgIpc) is 2.55. The standard InChI is InChI=1S/C17H24N2O5/c1-3-7-13(16(21)18-11-14(24-2)17(22)23)19-15(20)10-12-8-5-4-6-9-12/h4-6,8-9,13-14H,3,7,10-11H2,1-2H3,(H,18,21)(H,19,20)(H,22,23). The summed E-state index contributed by atoms with van der Waals surface area (Å²) in [6.45, 7) is 1.75. The van der Waals surface area contributed by atoms with Crippen LogP contribution < -0.4 is 10.6 Å². The number of methoxy groups -OCH3 is 1. The lowest BCUT2D eigenvalue weighted by atomic mass is 10.1. The summed E-state index contributed by atoms with van der Waals surface area (Å²) in [6, 6.07) is 8.53. The van der Waals surface area contributed by atoms with E-state index in [-0.39, 0.29) is 18.9 Å². The van der Waals surface area contributed by atoms with Gasteiger partial charge in [0.05, 0.1) is 13.0 Å². The lowest BCUT2D eigenvalue weighted by molar-refractivity contribution is -0.148. The first-order chi connectivity index (χ1) is 11.5. The molecule has 0 heterocycles. The molecule has 0 spiro atoms. The predicted octanol–water partition coefficient (Wildman–Crippen LogP) is 0.730. The molecule has 2 unspecified atom stereocenters. The molecule has 7 nitrogen and oxygen atoms in total. The van der Waals surface area contributed by atoms with E-state index in [1.54, 1.807) is 0 Å². The van der Waals surface area contributed by atoms with E-state index in [1.807, 2.05) is 37.3 Å². The number of carbonyl (C=O) groups excluding carboxylic acids is 2. The Morgan fingerprint density at radius 2 is 1.88 bits per heavy atom. The molecule has 0 bridgehead atoms. The molecular formula is C17H24N2O5. The Bertz CT molecular complexity index is 547. The molecule has 2 amide bonds. The van der Waals surface area contributed by atoms with Crippen molar-refractivity contribution in [2.75, 3.05) is 13.7 Å². The van der Waals surface area contributed by atoms with Crippen molar-refractivity contribution < 1.29 is 24.2 Å². The zero-order valence-electron chi connectivity index (χ0n) is 14.0. The zero-order valence-corrected chi connectivity index (χ0v) is 14.0. The molecule has 0 aliphatic carbocycles. The highest BCUT2D eigenvalue weighted by molar-refractivity contribution is 5.88. The molecule has 0 radical (unpaired) electrons. The minimum absolute atomic E-state index is 0.153. The number of carbonyl (C=O) groups is 3. The Morgan fingerprint density at radius 1 is 1.21 bits per heavy atom. The highest BCUT2D eigenvalue weighted by Gasteiger charge is 2.23. The topological polar surface area (TPSA) is 105 Å². The van der Waals surface area contributed by atoms with Crippen LogP contribution in [0.25, 0.3) is 0 Å². The number of amides is 2. The average molecular weight is 336 g/mol. The first kappa shape index (κ1) is 19.6. The van der Waals surface area contributed by atoms with Crippen molar-refractivity contribution in [1.29, 1.82) is 0 Å². The van der Waals surface area contributed by atoms with E-state index < -0.39 is 24.0 Å². The molecule has 0 saturated heterocycles. The van der Waals surface area contributed by atoms with E-state index in [2.05, 4.69) is 10.6 Å². The summed E-state index contributed by atoms with van der Waals surface area (Å²) in [5.41, 5.74) is 0.857. The van der Waals surface area contributed by atoms with E-state index in [9.17, 15) is 14.4 Å². The monoisotopic (exact) mass is 336 g/mol. The fourth-order valence-corrected chi connectivity index (χ4v) is 2.17. The van der Waals surface area contributed by atoms with Gasteiger partial charge in [-0.3, -0.25) is 9.59 Å². The van der Waals surface area contributed by atoms with E-state index >= 15 is 0 Å². The number of aliphatic carboxylic acids is 1. The number of carboxylic acids is 1. The zero-order chi connectivity index (χ0) is 17.9. The van der Waals surface area contributed by atoms with Gasteiger partial charge >= 0.3 is 5.97 Å². The Balaban J connectivity index is 2.56. The number of hydrogen-bond acceptors (Lipinski definition) is 4. The minimum atomic E-state index is -1.15. The third-order valence-electron chi connectivity index (χ3n) is 3.46. The van der Waals surface area contributed by atoms with Crippen LogP contribution in [0.15, 0.2) is 30.3 Å². The smallest absolute Gasteiger partial charge is 0.334 e. The molecule has 132 valence electrons. The summed E-state index contributed by atoms with van der Waals surface area (Å²) >= 11 is 0. The Hall–Kier alpha value is -2.41. The third kappa shape index (κ3) is 6.78. The maximum Gasteiger partial charge on any atom is 0.334 e. The summed E-state index contributed by atoms with van der Waals surface area (Å²) in [5.74, 6) is -1.82. The van der Waals surface area contributed by atoms with E-state index in [0.29, 0.717) is 12.8 Å². The van der Waals surface area contributed by atoms with Crippen LogP contribution in [0.5, 0.6) is 0 Å². The lowest BCUT2D eigenvalue weighted by Crippen LogP contribution is -2.49. The van der Waals surface area contributed by atoms with Crippen molar-refractivity contribution >= 4 is 17.8 Å². The summed E-state index contributed by atoms with van der Waals surface area (Å²) in [4.78, 5) is 35.2. The SMILES string of the molecule is CCCC(NC(=O)Cc1ccccc1)C(=O)NCC(OC)C(=O)O. The van der Waals surface area contributed by atoms with Crippen LogP contribution >= 0.6 is 0 Å². The fraction of sp³-hybridized carbons (Fsp3) is 0.471. The van der Waals surface area contributed by atoms with Crippen molar-refractivity contribution in [3.8, 4) is 0 Å². The normalized spacial score (nSPS) is 12.9. The van der Waals surface area contributed by atoms with Gasteiger partial charge < -0.3 is 20.5 Å². The van der Waals surface area contributed by atoms with Gasteiger partial charge in [0.25, 0.3) is 0 Å². The third-order valence-corrected chi connectivity index (χ3v) is 3.46. The van der Waals surface area contributed by atoms with Crippen molar-refractivity contribution in [2.24, 2.45) is 0 Å². The van der Waals surface area contributed by atoms with Gasteiger partial charge in [-0.05, 0) is 12.0 Å². The second-order valence-electron chi connectivity index (χ2n) is 5.38. The van der Waals surface area contributed by atoms with E-state index in [0.717, 1.165) is 5.56 Å². The van der Waals surface area contributed by atoms with Gasteiger partial charge in [0.15, 0.2) is 6.10 Å². The van der Waals surface area contributed by atoms with Crippen LogP contribution in [0.3, 0.4) is 0 Å². The second kappa shape index (κ2) is 10.4. The summed E-state index contributed by atoms with van der Waals surface area (Å²) in [5, 5.41) is 14.1. The van der Waals surface area contributed by atoms with Gasteiger partial charge in [-0.25, -0.2) is 4.79 Å². The minimum Gasteiger partial charge on any atom is -0.479 e. The maximum atomic E-state index is 12.2. The molecule has 0 aliphatic heterocycles. The molecule has 1 aromatic carbocycles. The number of carboxylic acid groups (broad SMARTS) is 1. The molecule has 1 rings (SSSR count). The van der Waals surface area contributed by atoms with Crippen LogP contribution in [-0.2, 0) is 25.5 Å². The summed E-state index contributed by atoms with van der Waals surface area (Å²) in [6.07, 6.45) is 0.244. The second-order valence-corrected chi connectivity index (χ2v) is 5.38. The number of rotatable bonds is 10. The first-order valence-corrected chi connectivity index (χ1v) is 7.84. The molecule has 0 fully saturated rings. The first-order valence-electron chi connectivity index (χ1n) is 7.84. The van der Waals surface area contributed by atoms with Gasteiger partial charge in [0.2, 0.25) is 11.8 Å². The quantitative estimate of drug-likeness (QED) is 0.584. The molecule has 2 atom stereocenters. The molecule has 3 N–H and O–H groups in total. The number of hydrogen-bond donors (Lipinski definition) is 3. The fourth-order valence-electron chi connectivity index (χ4n) is 2.17. The van der Waals surface area contributed by atoms with Gasteiger partial charge in [-0.15, -0.1) is 0 Å². The van der Waals surface area contributed by atoms with Crippen molar-refractivity contribution in [1.82, 2.24) is 10.6 Å². The van der Waals surface area contributed by atoms with Crippen molar-refractivity contribution in [3.63, 3.8) is 0 Å². The highest BCUT2D eigenvalue weighted by atomic mass is 16.5. The Kier molecular flexibility index (Phi) is 8.49. The number of ether oxygens (including phenoxy) is 1. The van der Waals surface area contributed by atoms with Crippen LogP contribution in [0.4, 0.5) is 0 Å². The molecular weight excluding hydrogens is 312 g/mol. The summed E-state index contributed by atoms with van der Waals surface area (Å²) in [7, 11) is 1.26. The molecule has 24 heavy (non-hydrogen) atoms. The molecule has 7 heteroatoms. The predicted molar refractivity (Wildman–Crippen MR) is 88.4 cm³/mol. The van der Waals surface area contributed by atoms with E-state index in [4.69, 9.17) is 9.84 Å². The number of benzene rings is 1.